The fraction of sp³-hybridized carbons (Fsp3) is 0.929. The molecule has 0 aromatic rings. The van der Waals surface area contributed by atoms with Gasteiger partial charge in [0.2, 0.25) is 0 Å². The van der Waals surface area contributed by atoms with E-state index in [1.165, 1.54) is 5.92 Å². The molecule has 0 saturated heterocycles. The molecule has 0 amide bonds. The Bertz CT molecular complexity index is 262. The molecule has 0 saturated carbocycles. The Kier molecular flexibility index (Phi) is 5.67. The van der Waals surface area contributed by atoms with Gasteiger partial charge < -0.3 is 4.43 Å². The van der Waals surface area contributed by atoms with Crippen molar-refractivity contribution in [2.45, 2.75) is 84.5 Å². The fourth-order valence-corrected chi connectivity index (χ4v) is 5.27. The summed E-state index contributed by atoms with van der Waals surface area (Å²) in [4.78, 5) is 0. The van der Waals surface area contributed by atoms with Crippen molar-refractivity contribution in [1.82, 2.24) is 0 Å². The van der Waals surface area contributed by atoms with Gasteiger partial charge in [-0.15, -0.1) is 0 Å². The van der Waals surface area contributed by atoms with E-state index in [1.807, 2.05) is 0 Å². The molecule has 4 heteroatoms. The molecule has 18 heavy (non-hydrogen) atoms. The molecule has 0 spiro atoms. The van der Waals surface area contributed by atoms with Gasteiger partial charge >= 0.3 is 0 Å². The van der Waals surface area contributed by atoms with Gasteiger partial charge in [0.25, 0.3) is 0 Å². The van der Waals surface area contributed by atoms with Crippen LogP contribution in [0.15, 0.2) is 0 Å². The van der Waals surface area contributed by atoms with Crippen LogP contribution in [0.4, 0.5) is 0 Å². The topological polar surface area (TPSA) is 9.23 Å². The van der Waals surface area contributed by atoms with E-state index < -0.39 is 16.4 Å². The van der Waals surface area contributed by atoms with E-state index in [4.69, 9.17) is 4.43 Å². The predicted molar refractivity (Wildman–Crippen MR) is 84.8 cm³/mol. The van der Waals surface area contributed by atoms with Gasteiger partial charge in [-0.3, -0.25) is 5.92 Å². The van der Waals surface area contributed by atoms with Crippen LogP contribution in [0.3, 0.4) is 0 Å². The Morgan fingerprint density at radius 2 is 1.17 bits per heavy atom. The van der Waals surface area contributed by atoms with Crippen LogP contribution in [0.5, 0.6) is 0 Å². The number of hydrogen-bond acceptors (Lipinski definition) is 1. The van der Waals surface area contributed by atoms with Crippen LogP contribution in [0.2, 0.25) is 44.3 Å². The SMILES string of the molecule is C[C-](C(C)(C)O[Si](C)(C)C)C(C)(C)[Si](C)(C)C.[Rf]. The van der Waals surface area contributed by atoms with E-state index in [9.17, 15) is 0 Å². The Morgan fingerprint density at radius 3 is 1.39 bits per heavy atom. The molecule has 0 aromatic heterocycles. The minimum absolute atomic E-state index is 0. The van der Waals surface area contributed by atoms with Gasteiger partial charge in [-0.25, -0.2) is 0 Å². The zero-order valence-corrected chi connectivity index (χ0v) is 23.0. The Labute approximate surface area is 111 Å². The first-order valence-electron chi connectivity index (χ1n) is 6.66. The molecule has 0 atom stereocenters. The Balaban J connectivity index is 0. The smallest absolute Gasteiger partial charge is 0.179 e. The van der Waals surface area contributed by atoms with Crippen molar-refractivity contribution in [3.8, 4) is 0 Å². The third-order valence-electron chi connectivity index (χ3n) is 4.28. The molecule has 0 aromatic carbocycles. The first-order chi connectivity index (χ1) is 7.11. The largest absolute Gasteiger partial charge is 0.442 e. The second-order valence-corrected chi connectivity index (χ2v) is 18.4. The Hall–Kier alpha value is -0.606. The summed E-state index contributed by atoms with van der Waals surface area (Å²) >= 11 is 0. The quantitative estimate of drug-likeness (QED) is 0.339. The van der Waals surface area contributed by atoms with Crippen molar-refractivity contribution in [3.05, 3.63) is 5.92 Å². The number of hydrogen-bond donors (Lipinski definition) is 0. The van der Waals surface area contributed by atoms with E-state index in [2.05, 4.69) is 73.9 Å². The molecule has 0 aliphatic rings. The van der Waals surface area contributed by atoms with Crippen molar-refractivity contribution < 1.29 is 4.43 Å². The zero-order valence-electron chi connectivity index (χ0n) is 14.6. The van der Waals surface area contributed by atoms with Crippen LogP contribution in [0.1, 0.15) is 34.6 Å². The van der Waals surface area contributed by atoms with Crippen molar-refractivity contribution in [2.24, 2.45) is 0 Å². The van der Waals surface area contributed by atoms with E-state index in [-0.39, 0.29) is 5.60 Å². The molecular formula is C14H33ORfSi2-. The van der Waals surface area contributed by atoms with E-state index in [0.717, 1.165) is 0 Å². The van der Waals surface area contributed by atoms with Crippen molar-refractivity contribution >= 4 is 16.4 Å². The van der Waals surface area contributed by atoms with E-state index in [1.54, 1.807) is 0 Å². The third kappa shape index (κ3) is 4.58. The van der Waals surface area contributed by atoms with E-state index >= 15 is 0 Å². The first-order valence-corrected chi connectivity index (χ1v) is 13.6. The van der Waals surface area contributed by atoms with E-state index in [0.29, 0.717) is 5.04 Å². The molecule has 1 nitrogen and oxygen atoms in total. The number of rotatable bonds is 5. The molecule has 0 fully saturated rings. The minimum atomic E-state index is -1.50. The molecule has 0 aliphatic heterocycles. The van der Waals surface area contributed by atoms with Gasteiger partial charge in [-0.1, -0.05) is 52.9 Å². The van der Waals surface area contributed by atoms with Crippen LogP contribution in [0, 0.1) is 5.92 Å². The average Bonchev–Trinajstić information content (AvgIpc) is 1.95. The maximum Gasteiger partial charge on any atom is 0.179 e. The molecule has 0 heterocycles. The zero-order chi connectivity index (χ0) is 14.3. The molecule has 0 radical (unpaired) electrons. The maximum absolute atomic E-state index is 6.39. The van der Waals surface area contributed by atoms with Gasteiger partial charge in [-0.05, 0) is 19.6 Å². The fourth-order valence-electron chi connectivity index (χ4n) is 2.16. The summed E-state index contributed by atoms with van der Waals surface area (Å²) in [6, 6.07) is 0. The second-order valence-electron chi connectivity index (χ2n) is 8.22. The molecule has 106 valence electrons. The van der Waals surface area contributed by atoms with Crippen molar-refractivity contribution in [1.29, 1.82) is 0 Å². The molecular weight excluding hydrogens is 507 g/mol. The van der Waals surface area contributed by atoms with Gasteiger partial charge in [-0.2, -0.15) is 12.0 Å². The summed E-state index contributed by atoms with van der Waals surface area (Å²) in [6.45, 7) is 25.7. The first kappa shape index (κ1) is 19.7. The summed E-state index contributed by atoms with van der Waals surface area (Å²) in [6.07, 6.45) is 0. The molecule has 0 unspecified atom stereocenters. The molecule has 0 rings (SSSR count). The second kappa shape index (κ2) is 5.18. The maximum atomic E-state index is 6.39. The monoisotopic (exact) mass is 540 g/mol. The van der Waals surface area contributed by atoms with Gasteiger partial charge in [0, 0.05) is 8.07 Å². The molecule has 0 aliphatic carbocycles. The van der Waals surface area contributed by atoms with Gasteiger partial charge in [0.15, 0.2) is 8.32 Å². The van der Waals surface area contributed by atoms with Crippen molar-refractivity contribution in [3.63, 3.8) is 0 Å². The normalized spacial score (nSPS) is 14.7. The van der Waals surface area contributed by atoms with Crippen molar-refractivity contribution in [2.75, 3.05) is 0 Å². The minimum Gasteiger partial charge on any atom is -0.442 e. The average molecular weight is 541 g/mol. The van der Waals surface area contributed by atoms with Gasteiger partial charge in [0.1, 0.15) is 0 Å². The van der Waals surface area contributed by atoms with Gasteiger partial charge in [0.05, 0.1) is 0 Å². The Morgan fingerprint density at radius 1 is 0.833 bits per heavy atom. The summed E-state index contributed by atoms with van der Waals surface area (Å²) in [7, 11) is -2.73. The van der Waals surface area contributed by atoms with Crippen LogP contribution < -0.4 is 0 Å². The summed E-state index contributed by atoms with van der Waals surface area (Å²) < 4.78 is 6.39. The predicted octanol–water partition coefficient (Wildman–Crippen LogP) is 5.33. The third-order valence-corrected chi connectivity index (χ3v) is 9.52. The van der Waals surface area contributed by atoms with Crippen LogP contribution in [-0.4, -0.2) is 22.0 Å². The van der Waals surface area contributed by atoms with Crippen LogP contribution in [-0.2, 0) is 4.43 Å². The standard InChI is InChI=1S/C14H33OSi2.Rf/c1-12(14(4,5)16(6,7)8)13(2,3)15-17(9,10)11;/h1-11H3;/q-1;. The molecule has 0 N–H and O–H groups in total. The van der Waals surface area contributed by atoms with Crippen LogP contribution in [0.25, 0.3) is 0 Å². The summed E-state index contributed by atoms with van der Waals surface area (Å²) in [5, 5.41) is 0.302. The summed E-state index contributed by atoms with van der Waals surface area (Å²) in [5.41, 5.74) is -0.103. The summed E-state index contributed by atoms with van der Waals surface area (Å²) in [5.74, 6) is 1.51. The van der Waals surface area contributed by atoms with Crippen LogP contribution >= 0.6 is 0 Å². The molecule has 0 bridgehead atoms.